The lowest BCUT2D eigenvalue weighted by Crippen LogP contribution is -2.29. The standard InChI is InChI=1S/C14H20FNO2/c1-3-12(14(17)18)9-16-7-6-11-4-5-13(15)10(2)8-11/h4-5,8,12,16H,3,6-7,9H2,1-2H3,(H,17,18). The zero-order valence-corrected chi connectivity index (χ0v) is 10.9. The van der Waals surface area contributed by atoms with Crippen LogP contribution in [0, 0.1) is 18.7 Å². The van der Waals surface area contributed by atoms with Crippen molar-refractivity contribution in [2.75, 3.05) is 13.1 Å². The molecule has 0 aromatic heterocycles. The molecule has 0 saturated carbocycles. The topological polar surface area (TPSA) is 49.3 Å². The first-order chi connectivity index (χ1) is 8.54. The number of rotatable bonds is 7. The molecule has 0 bridgehead atoms. The summed E-state index contributed by atoms with van der Waals surface area (Å²) < 4.78 is 13.0. The molecule has 0 heterocycles. The van der Waals surface area contributed by atoms with Crippen molar-refractivity contribution in [3.8, 4) is 0 Å². The summed E-state index contributed by atoms with van der Waals surface area (Å²) in [7, 11) is 0. The fourth-order valence-corrected chi connectivity index (χ4v) is 1.78. The summed E-state index contributed by atoms with van der Waals surface area (Å²) in [5.41, 5.74) is 1.70. The molecule has 1 rings (SSSR count). The van der Waals surface area contributed by atoms with Crippen LogP contribution in [0.2, 0.25) is 0 Å². The Kier molecular flexibility index (Phi) is 5.78. The highest BCUT2D eigenvalue weighted by molar-refractivity contribution is 5.70. The van der Waals surface area contributed by atoms with Gasteiger partial charge >= 0.3 is 5.97 Å². The minimum absolute atomic E-state index is 0.191. The van der Waals surface area contributed by atoms with Gasteiger partial charge in [0.05, 0.1) is 5.92 Å². The zero-order chi connectivity index (χ0) is 13.5. The summed E-state index contributed by atoms with van der Waals surface area (Å²) >= 11 is 0. The summed E-state index contributed by atoms with van der Waals surface area (Å²) in [5, 5.41) is 12.0. The maximum Gasteiger partial charge on any atom is 0.307 e. The summed E-state index contributed by atoms with van der Waals surface area (Å²) in [5.74, 6) is -1.29. The van der Waals surface area contributed by atoms with Gasteiger partial charge in [-0.25, -0.2) is 4.39 Å². The molecule has 0 aliphatic heterocycles. The molecule has 100 valence electrons. The number of nitrogens with one attached hydrogen (secondary N) is 1. The molecule has 0 amide bonds. The molecule has 1 aromatic rings. The van der Waals surface area contributed by atoms with Gasteiger partial charge in [-0.15, -0.1) is 0 Å². The van der Waals surface area contributed by atoms with Crippen molar-refractivity contribution in [1.82, 2.24) is 5.32 Å². The van der Waals surface area contributed by atoms with Crippen molar-refractivity contribution in [1.29, 1.82) is 0 Å². The van der Waals surface area contributed by atoms with Gasteiger partial charge in [0.1, 0.15) is 5.82 Å². The monoisotopic (exact) mass is 253 g/mol. The molecule has 1 unspecified atom stereocenters. The van der Waals surface area contributed by atoms with Gasteiger partial charge in [-0.05, 0) is 43.5 Å². The van der Waals surface area contributed by atoms with Crippen molar-refractivity contribution in [3.63, 3.8) is 0 Å². The SMILES string of the molecule is CCC(CNCCc1ccc(F)c(C)c1)C(=O)O. The third kappa shape index (κ3) is 4.45. The van der Waals surface area contributed by atoms with Gasteiger partial charge in [0, 0.05) is 6.54 Å². The van der Waals surface area contributed by atoms with Crippen molar-refractivity contribution in [2.24, 2.45) is 5.92 Å². The second-order valence-corrected chi connectivity index (χ2v) is 4.48. The highest BCUT2D eigenvalue weighted by Gasteiger charge is 2.13. The predicted octanol–water partition coefficient (Wildman–Crippen LogP) is 2.38. The van der Waals surface area contributed by atoms with Crippen LogP contribution in [0.1, 0.15) is 24.5 Å². The molecule has 18 heavy (non-hydrogen) atoms. The van der Waals surface area contributed by atoms with E-state index in [-0.39, 0.29) is 11.7 Å². The third-order valence-electron chi connectivity index (χ3n) is 3.05. The Morgan fingerprint density at radius 2 is 2.22 bits per heavy atom. The Labute approximate surface area is 107 Å². The molecule has 0 aliphatic rings. The fourth-order valence-electron chi connectivity index (χ4n) is 1.78. The highest BCUT2D eigenvalue weighted by atomic mass is 19.1. The van der Waals surface area contributed by atoms with Gasteiger partial charge in [-0.1, -0.05) is 19.1 Å². The third-order valence-corrected chi connectivity index (χ3v) is 3.05. The Morgan fingerprint density at radius 3 is 2.78 bits per heavy atom. The number of hydrogen-bond donors (Lipinski definition) is 2. The molecule has 4 heteroatoms. The van der Waals surface area contributed by atoms with Gasteiger partial charge in [0.15, 0.2) is 0 Å². The van der Waals surface area contributed by atoms with Crippen LogP contribution < -0.4 is 5.32 Å². The molecule has 3 nitrogen and oxygen atoms in total. The second-order valence-electron chi connectivity index (χ2n) is 4.48. The van der Waals surface area contributed by atoms with E-state index in [9.17, 15) is 9.18 Å². The highest BCUT2D eigenvalue weighted by Crippen LogP contribution is 2.09. The maximum absolute atomic E-state index is 13.0. The predicted molar refractivity (Wildman–Crippen MR) is 69.1 cm³/mol. The molecular weight excluding hydrogens is 233 g/mol. The quantitative estimate of drug-likeness (QED) is 0.733. The maximum atomic E-state index is 13.0. The zero-order valence-electron chi connectivity index (χ0n) is 10.9. The van der Waals surface area contributed by atoms with Crippen LogP contribution in [-0.4, -0.2) is 24.2 Å². The van der Waals surface area contributed by atoms with E-state index < -0.39 is 5.97 Å². The average Bonchev–Trinajstić information content (AvgIpc) is 2.33. The van der Waals surface area contributed by atoms with Crippen LogP contribution in [0.3, 0.4) is 0 Å². The van der Waals surface area contributed by atoms with Crippen LogP contribution in [-0.2, 0) is 11.2 Å². The van der Waals surface area contributed by atoms with Crippen LogP contribution in [0.4, 0.5) is 4.39 Å². The number of aliphatic carboxylic acids is 1. The average molecular weight is 253 g/mol. The summed E-state index contributed by atoms with van der Waals surface area (Å²) in [4.78, 5) is 10.8. The first kappa shape index (κ1) is 14.6. The van der Waals surface area contributed by atoms with Crippen molar-refractivity contribution < 1.29 is 14.3 Å². The number of aryl methyl sites for hydroxylation is 1. The molecular formula is C14H20FNO2. The van der Waals surface area contributed by atoms with E-state index in [0.717, 1.165) is 12.0 Å². The van der Waals surface area contributed by atoms with E-state index in [1.54, 1.807) is 13.0 Å². The second kappa shape index (κ2) is 7.11. The van der Waals surface area contributed by atoms with Crippen LogP contribution in [0.15, 0.2) is 18.2 Å². The molecule has 0 aliphatic carbocycles. The number of benzene rings is 1. The number of hydrogen-bond acceptors (Lipinski definition) is 2. The largest absolute Gasteiger partial charge is 0.481 e. The minimum atomic E-state index is -0.761. The Hall–Kier alpha value is -1.42. The normalized spacial score (nSPS) is 12.4. The molecule has 0 saturated heterocycles. The van der Waals surface area contributed by atoms with E-state index in [1.165, 1.54) is 6.07 Å². The molecule has 0 fully saturated rings. The summed E-state index contributed by atoms with van der Waals surface area (Å²) in [6.45, 7) is 4.79. The molecule has 1 aromatic carbocycles. The van der Waals surface area contributed by atoms with Gasteiger partial charge < -0.3 is 10.4 Å². The lowest BCUT2D eigenvalue weighted by molar-refractivity contribution is -0.141. The Balaban J connectivity index is 2.33. The Morgan fingerprint density at radius 1 is 1.50 bits per heavy atom. The number of carboxylic acids is 1. The van der Waals surface area contributed by atoms with Crippen molar-refractivity contribution in [2.45, 2.75) is 26.7 Å². The summed E-state index contributed by atoms with van der Waals surface area (Å²) in [6, 6.07) is 5.06. The van der Waals surface area contributed by atoms with E-state index in [1.807, 2.05) is 13.0 Å². The van der Waals surface area contributed by atoms with E-state index in [0.29, 0.717) is 25.1 Å². The fraction of sp³-hybridized carbons (Fsp3) is 0.500. The van der Waals surface area contributed by atoms with E-state index in [2.05, 4.69) is 5.32 Å². The number of carbonyl (C=O) groups is 1. The van der Waals surface area contributed by atoms with Crippen molar-refractivity contribution >= 4 is 5.97 Å². The first-order valence-electron chi connectivity index (χ1n) is 6.23. The number of carboxylic acid groups (broad SMARTS) is 1. The minimum Gasteiger partial charge on any atom is -0.481 e. The number of halogens is 1. The van der Waals surface area contributed by atoms with Crippen molar-refractivity contribution in [3.05, 3.63) is 35.1 Å². The van der Waals surface area contributed by atoms with E-state index >= 15 is 0 Å². The molecule has 0 spiro atoms. The van der Waals surface area contributed by atoms with Crippen LogP contribution in [0.25, 0.3) is 0 Å². The van der Waals surface area contributed by atoms with Crippen LogP contribution >= 0.6 is 0 Å². The van der Waals surface area contributed by atoms with Gasteiger partial charge in [0.25, 0.3) is 0 Å². The molecule has 1 atom stereocenters. The van der Waals surface area contributed by atoms with Gasteiger partial charge in [0.2, 0.25) is 0 Å². The first-order valence-corrected chi connectivity index (χ1v) is 6.23. The smallest absolute Gasteiger partial charge is 0.307 e. The van der Waals surface area contributed by atoms with Gasteiger partial charge in [-0.2, -0.15) is 0 Å². The van der Waals surface area contributed by atoms with E-state index in [4.69, 9.17) is 5.11 Å². The lowest BCUT2D eigenvalue weighted by atomic mass is 10.1. The molecule has 2 N–H and O–H groups in total. The van der Waals surface area contributed by atoms with Gasteiger partial charge in [-0.3, -0.25) is 4.79 Å². The Bertz CT molecular complexity index is 407. The molecule has 0 radical (unpaired) electrons. The van der Waals surface area contributed by atoms with Crippen LogP contribution in [0.5, 0.6) is 0 Å². The lowest BCUT2D eigenvalue weighted by Gasteiger charge is -2.11. The summed E-state index contributed by atoms with van der Waals surface area (Å²) in [6.07, 6.45) is 1.40.